The lowest BCUT2D eigenvalue weighted by molar-refractivity contribution is -0.138. The maximum absolute atomic E-state index is 12.9. The highest BCUT2D eigenvalue weighted by Gasteiger charge is 2.36. The van der Waals surface area contributed by atoms with Crippen molar-refractivity contribution < 1.29 is 23.5 Å². The van der Waals surface area contributed by atoms with Crippen molar-refractivity contribution in [1.82, 2.24) is 5.32 Å². The molecule has 142 valence electrons. The first-order valence-electron chi connectivity index (χ1n) is 8.27. The highest BCUT2D eigenvalue weighted by atomic mass is 19.1. The first-order valence-corrected chi connectivity index (χ1v) is 8.27. The van der Waals surface area contributed by atoms with Gasteiger partial charge in [0, 0.05) is 6.54 Å². The van der Waals surface area contributed by atoms with Gasteiger partial charge in [0.05, 0.1) is 18.4 Å². The highest BCUT2D eigenvalue weighted by Crippen LogP contribution is 2.22. The van der Waals surface area contributed by atoms with E-state index in [1.165, 1.54) is 39.2 Å². The van der Waals surface area contributed by atoms with Gasteiger partial charge in [-0.25, -0.2) is 9.18 Å². The Hall–Kier alpha value is -3.22. The summed E-state index contributed by atoms with van der Waals surface area (Å²) in [4.78, 5) is 36.9. The van der Waals surface area contributed by atoms with Crippen molar-refractivity contribution in [1.29, 1.82) is 0 Å². The number of nitrogens with one attached hydrogen (secondary N) is 2. The summed E-state index contributed by atoms with van der Waals surface area (Å²) >= 11 is 0. The maximum Gasteiger partial charge on any atom is 0.339 e. The van der Waals surface area contributed by atoms with Crippen LogP contribution >= 0.6 is 0 Å². The van der Waals surface area contributed by atoms with Gasteiger partial charge in [0.25, 0.3) is 0 Å². The van der Waals surface area contributed by atoms with E-state index in [0.717, 1.165) is 0 Å². The number of methoxy groups -OCH3 is 1. The number of benzene rings is 2. The predicted molar refractivity (Wildman–Crippen MR) is 98.4 cm³/mol. The second-order valence-corrected chi connectivity index (χ2v) is 6.43. The fraction of sp³-hybridized carbons (Fsp3) is 0.250. The molecule has 2 aromatic carbocycles. The van der Waals surface area contributed by atoms with Crippen LogP contribution in [0.4, 0.5) is 10.1 Å². The summed E-state index contributed by atoms with van der Waals surface area (Å²) in [5.41, 5.74) is -0.245. The molecule has 0 saturated heterocycles. The normalized spacial score (nSPS) is 10.8. The second-order valence-electron chi connectivity index (χ2n) is 6.43. The van der Waals surface area contributed by atoms with Crippen molar-refractivity contribution in [2.24, 2.45) is 5.41 Å². The largest absolute Gasteiger partial charge is 0.465 e. The van der Waals surface area contributed by atoms with Crippen molar-refractivity contribution >= 4 is 23.5 Å². The third kappa shape index (κ3) is 4.91. The summed E-state index contributed by atoms with van der Waals surface area (Å²) in [6.07, 6.45) is 0. The summed E-state index contributed by atoms with van der Waals surface area (Å²) in [6, 6.07) is 12.1. The number of hydrogen-bond donors (Lipinski definition) is 2. The molecule has 0 aromatic heterocycles. The van der Waals surface area contributed by atoms with Crippen LogP contribution in [0, 0.1) is 11.2 Å². The first kappa shape index (κ1) is 20.1. The molecular weight excluding hydrogens is 351 g/mol. The molecule has 27 heavy (non-hydrogen) atoms. The average Bonchev–Trinajstić information content (AvgIpc) is 2.67. The molecule has 0 radical (unpaired) electrons. The predicted octanol–water partition coefficient (Wildman–Crippen LogP) is 2.89. The quantitative estimate of drug-likeness (QED) is 0.603. The monoisotopic (exact) mass is 372 g/mol. The van der Waals surface area contributed by atoms with E-state index in [1.807, 2.05) is 0 Å². The lowest BCUT2D eigenvalue weighted by Crippen LogP contribution is -2.45. The van der Waals surface area contributed by atoms with Gasteiger partial charge in [-0.3, -0.25) is 9.59 Å². The van der Waals surface area contributed by atoms with Crippen LogP contribution in [0.2, 0.25) is 0 Å². The Labute approximate surface area is 156 Å². The molecule has 0 aliphatic heterocycles. The maximum atomic E-state index is 12.9. The molecule has 0 heterocycles. The van der Waals surface area contributed by atoms with Crippen LogP contribution in [0.5, 0.6) is 0 Å². The Morgan fingerprint density at radius 1 is 1.00 bits per heavy atom. The van der Waals surface area contributed by atoms with Gasteiger partial charge in [0.2, 0.25) is 11.8 Å². The van der Waals surface area contributed by atoms with Gasteiger partial charge >= 0.3 is 5.97 Å². The van der Waals surface area contributed by atoms with E-state index in [2.05, 4.69) is 10.6 Å². The lowest BCUT2D eigenvalue weighted by atomic mass is 9.90. The number of amides is 2. The minimum atomic E-state index is -1.40. The lowest BCUT2D eigenvalue weighted by Gasteiger charge is -2.23. The van der Waals surface area contributed by atoms with E-state index >= 15 is 0 Å². The zero-order chi connectivity index (χ0) is 20.0. The third-order valence-electron chi connectivity index (χ3n) is 4.08. The zero-order valence-corrected chi connectivity index (χ0v) is 15.3. The van der Waals surface area contributed by atoms with E-state index < -0.39 is 23.2 Å². The van der Waals surface area contributed by atoms with E-state index in [0.29, 0.717) is 5.56 Å². The zero-order valence-electron chi connectivity index (χ0n) is 15.3. The topological polar surface area (TPSA) is 84.5 Å². The number of hydrogen-bond acceptors (Lipinski definition) is 4. The third-order valence-corrected chi connectivity index (χ3v) is 4.08. The standard InChI is InChI=1S/C20H21FN2O4/c1-20(2,18(25)22-12-13-8-10-14(21)11-9-13)19(26)23-16-7-5-4-6-15(16)17(24)27-3/h4-11H,12H2,1-3H3,(H,22,25)(H,23,26). The van der Waals surface area contributed by atoms with Crippen LogP contribution < -0.4 is 10.6 Å². The average molecular weight is 372 g/mol. The van der Waals surface area contributed by atoms with Crippen LogP contribution in [-0.4, -0.2) is 24.9 Å². The van der Waals surface area contributed by atoms with Crippen LogP contribution in [0.25, 0.3) is 0 Å². The highest BCUT2D eigenvalue weighted by molar-refractivity contribution is 6.11. The molecular formula is C20H21FN2O4. The Balaban J connectivity index is 2.07. The van der Waals surface area contributed by atoms with Gasteiger partial charge < -0.3 is 15.4 Å². The van der Waals surface area contributed by atoms with Crippen LogP contribution in [-0.2, 0) is 20.9 Å². The van der Waals surface area contributed by atoms with E-state index in [4.69, 9.17) is 4.74 Å². The smallest absolute Gasteiger partial charge is 0.339 e. The number of ether oxygens (including phenoxy) is 1. The number of carbonyl (C=O) groups is 3. The summed E-state index contributed by atoms with van der Waals surface area (Å²) in [5, 5.41) is 5.26. The number of esters is 1. The molecule has 2 aromatic rings. The Kier molecular flexibility index (Phi) is 6.28. The number of rotatable bonds is 6. The Bertz CT molecular complexity index is 847. The van der Waals surface area contributed by atoms with E-state index in [-0.39, 0.29) is 23.6 Å². The second kappa shape index (κ2) is 8.44. The minimum Gasteiger partial charge on any atom is -0.465 e. The van der Waals surface area contributed by atoms with Gasteiger partial charge in [-0.1, -0.05) is 24.3 Å². The number of carbonyl (C=O) groups excluding carboxylic acids is 3. The fourth-order valence-corrected chi connectivity index (χ4v) is 2.27. The molecule has 2 N–H and O–H groups in total. The molecule has 0 atom stereocenters. The van der Waals surface area contributed by atoms with Crippen molar-refractivity contribution in [3.8, 4) is 0 Å². The van der Waals surface area contributed by atoms with E-state index in [1.54, 1.807) is 30.3 Å². The molecule has 0 fully saturated rings. The summed E-state index contributed by atoms with van der Waals surface area (Å²) < 4.78 is 17.6. The van der Waals surface area contributed by atoms with Crippen LogP contribution in [0.3, 0.4) is 0 Å². The van der Waals surface area contributed by atoms with Crippen molar-refractivity contribution in [2.75, 3.05) is 12.4 Å². The molecule has 0 unspecified atom stereocenters. The van der Waals surface area contributed by atoms with Gasteiger partial charge in [-0.05, 0) is 43.7 Å². The molecule has 0 spiro atoms. The molecule has 2 amide bonds. The summed E-state index contributed by atoms with van der Waals surface area (Å²) in [6.45, 7) is 3.11. The number of halogens is 1. The van der Waals surface area contributed by atoms with Crippen molar-refractivity contribution in [3.05, 3.63) is 65.5 Å². The molecule has 0 aliphatic carbocycles. The molecule has 6 nitrogen and oxygen atoms in total. The van der Waals surface area contributed by atoms with Gasteiger partial charge in [0.1, 0.15) is 11.2 Å². The summed E-state index contributed by atoms with van der Waals surface area (Å²) in [5.74, 6) is -2.03. The van der Waals surface area contributed by atoms with Crippen LogP contribution in [0.1, 0.15) is 29.8 Å². The molecule has 2 rings (SSSR count). The van der Waals surface area contributed by atoms with Crippen molar-refractivity contribution in [2.45, 2.75) is 20.4 Å². The Morgan fingerprint density at radius 2 is 1.63 bits per heavy atom. The molecule has 7 heteroatoms. The number of anilines is 1. The molecule has 0 bridgehead atoms. The summed E-state index contributed by atoms with van der Waals surface area (Å²) in [7, 11) is 1.24. The first-order chi connectivity index (χ1) is 12.8. The van der Waals surface area contributed by atoms with E-state index in [9.17, 15) is 18.8 Å². The van der Waals surface area contributed by atoms with Crippen LogP contribution in [0.15, 0.2) is 48.5 Å². The fourth-order valence-electron chi connectivity index (χ4n) is 2.27. The van der Waals surface area contributed by atoms with Gasteiger partial charge in [-0.2, -0.15) is 0 Å². The minimum absolute atomic E-state index is 0.161. The van der Waals surface area contributed by atoms with Gasteiger partial charge in [-0.15, -0.1) is 0 Å². The molecule has 0 saturated carbocycles. The Morgan fingerprint density at radius 3 is 2.26 bits per heavy atom. The molecule has 0 aliphatic rings. The SMILES string of the molecule is COC(=O)c1ccccc1NC(=O)C(C)(C)C(=O)NCc1ccc(F)cc1. The van der Waals surface area contributed by atoms with Crippen molar-refractivity contribution in [3.63, 3.8) is 0 Å². The number of para-hydroxylation sites is 1. The van der Waals surface area contributed by atoms with Gasteiger partial charge in [0.15, 0.2) is 0 Å².